The normalized spacial score (nSPS) is 9.76. The Morgan fingerprint density at radius 2 is 1.62 bits per heavy atom. The van der Waals surface area contributed by atoms with Gasteiger partial charge in [0.1, 0.15) is 11.6 Å². The highest BCUT2D eigenvalue weighted by atomic mass is 19.1. The Morgan fingerprint density at radius 1 is 1.00 bits per heavy atom. The predicted molar refractivity (Wildman–Crippen MR) is 74.3 cm³/mol. The van der Waals surface area contributed by atoms with Crippen LogP contribution in [0.5, 0.6) is 0 Å². The fourth-order valence-electron chi connectivity index (χ4n) is 1.90. The zero-order valence-corrected chi connectivity index (χ0v) is 11.2. The lowest BCUT2D eigenvalue weighted by molar-refractivity contribution is 0.559. The zero-order chi connectivity index (χ0) is 15.4. The Bertz CT molecular complexity index is 747. The van der Waals surface area contributed by atoms with Crippen LogP contribution < -0.4 is 5.32 Å². The number of nitrogens with one attached hydrogen (secondary N) is 1. The lowest BCUT2D eigenvalue weighted by Gasteiger charge is -2.11. The van der Waals surface area contributed by atoms with Crippen LogP contribution in [0.1, 0.15) is 22.3 Å². The maximum atomic E-state index is 13.8. The minimum Gasteiger partial charge on any atom is -0.380 e. The van der Waals surface area contributed by atoms with E-state index in [1.165, 1.54) is 0 Å². The highest BCUT2D eigenvalue weighted by Gasteiger charge is 2.11. The summed E-state index contributed by atoms with van der Waals surface area (Å²) in [7, 11) is 0. The Kier molecular flexibility index (Phi) is 4.15. The van der Waals surface area contributed by atoms with E-state index in [1.54, 1.807) is 24.3 Å². The molecular weight excluding hydrogens is 272 g/mol. The van der Waals surface area contributed by atoms with Crippen LogP contribution >= 0.6 is 0 Å². The minimum atomic E-state index is -0.770. The van der Waals surface area contributed by atoms with Crippen LogP contribution in [-0.4, -0.2) is 0 Å². The van der Waals surface area contributed by atoms with Crippen molar-refractivity contribution in [1.82, 2.24) is 0 Å². The standard InChI is InChI=1S/C16H11F2N3/c1-10-2-3-11(7-19)6-16(10)21-9-13-14(17)4-12(8-20)5-15(13)18/h2-6,21H,9H2,1H3. The van der Waals surface area contributed by atoms with Crippen LogP contribution in [0.25, 0.3) is 0 Å². The van der Waals surface area contributed by atoms with E-state index < -0.39 is 11.6 Å². The van der Waals surface area contributed by atoms with Crippen molar-refractivity contribution in [2.75, 3.05) is 5.32 Å². The zero-order valence-electron chi connectivity index (χ0n) is 11.2. The van der Waals surface area contributed by atoms with Crippen molar-refractivity contribution in [2.45, 2.75) is 13.5 Å². The van der Waals surface area contributed by atoms with Crippen LogP contribution in [-0.2, 0) is 6.54 Å². The topological polar surface area (TPSA) is 59.6 Å². The molecular formula is C16H11F2N3. The van der Waals surface area contributed by atoms with E-state index in [9.17, 15) is 8.78 Å². The number of anilines is 1. The largest absolute Gasteiger partial charge is 0.380 e. The highest BCUT2D eigenvalue weighted by Crippen LogP contribution is 2.20. The Balaban J connectivity index is 2.25. The van der Waals surface area contributed by atoms with Crippen molar-refractivity contribution >= 4 is 5.69 Å². The lowest BCUT2D eigenvalue weighted by Crippen LogP contribution is -2.06. The van der Waals surface area contributed by atoms with E-state index in [-0.39, 0.29) is 17.7 Å². The molecule has 21 heavy (non-hydrogen) atoms. The summed E-state index contributed by atoms with van der Waals surface area (Å²) in [4.78, 5) is 0. The number of hydrogen-bond acceptors (Lipinski definition) is 3. The second kappa shape index (κ2) is 6.02. The lowest BCUT2D eigenvalue weighted by atomic mass is 10.1. The quantitative estimate of drug-likeness (QED) is 0.935. The molecule has 2 aromatic rings. The summed E-state index contributed by atoms with van der Waals surface area (Å²) in [5.74, 6) is -1.54. The van der Waals surface area contributed by atoms with E-state index in [2.05, 4.69) is 5.32 Å². The summed E-state index contributed by atoms with van der Waals surface area (Å²) in [5.41, 5.74) is 1.76. The van der Waals surface area contributed by atoms with E-state index in [1.807, 2.05) is 13.0 Å². The molecule has 0 amide bonds. The van der Waals surface area contributed by atoms with E-state index in [0.717, 1.165) is 17.7 Å². The molecule has 104 valence electrons. The number of nitrogens with zero attached hydrogens (tertiary/aromatic N) is 2. The van der Waals surface area contributed by atoms with Crippen molar-refractivity contribution in [3.8, 4) is 12.1 Å². The van der Waals surface area contributed by atoms with E-state index >= 15 is 0 Å². The fraction of sp³-hybridized carbons (Fsp3) is 0.125. The third kappa shape index (κ3) is 3.16. The van der Waals surface area contributed by atoms with Gasteiger partial charge in [-0.05, 0) is 36.8 Å². The molecule has 2 rings (SSSR count). The highest BCUT2D eigenvalue weighted by molar-refractivity contribution is 5.55. The first-order valence-electron chi connectivity index (χ1n) is 6.18. The first-order chi connectivity index (χ1) is 10.0. The van der Waals surface area contributed by atoms with Gasteiger partial charge in [0.05, 0.1) is 23.3 Å². The van der Waals surface area contributed by atoms with Gasteiger partial charge in [-0.25, -0.2) is 8.78 Å². The van der Waals surface area contributed by atoms with E-state index in [0.29, 0.717) is 11.3 Å². The van der Waals surface area contributed by atoms with Gasteiger partial charge in [0.25, 0.3) is 0 Å². The molecule has 0 spiro atoms. The fourth-order valence-corrected chi connectivity index (χ4v) is 1.90. The average Bonchev–Trinajstić information content (AvgIpc) is 2.47. The molecule has 0 radical (unpaired) electrons. The third-order valence-corrected chi connectivity index (χ3v) is 3.09. The van der Waals surface area contributed by atoms with Crippen LogP contribution in [0.15, 0.2) is 30.3 Å². The number of hydrogen-bond donors (Lipinski definition) is 1. The van der Waals surface area contributed by atoms with Gasteiger partial charge in [-0.3, -0.25) is 0 Å². The molecule has 0 unspecified atom stereocenters. The number of nitriles is 2. The van der Waals surface area contributed by atoms with Gasteiger partial charge in [0.2, 0.25) is 0 Å². The second-order valence-corrected chi connectivity index (χ2v) is 4.53. The summed E-state index contributed by atoms with van der Waals surface area (Å²) < 4.78 is 27.5. The Morgan fingerprint density at radius 3 is 2.19 bits per heavy atom. The molecule has 0 aromatic heterocycles. The monoisotopic (exact) mass is 283 g/mol. The van der Waals surface area contributed by atoms with Crippen molar-refractivity contribution in [1.29, 1.82) is 10.5 Å². The van der Waals surface area contributed by atoms with Crippen molar-refractivity contribution in [3.63, 3.8) is 0 Å². The van der Waals surface area contributed by atoms with Gasteiger partial charge in [-0.2, -0.15) is 10.5 Å². The van der Waals surface area contributed by atoms with Gasteiger partial charge in [0.15, 0.2) is 0 Å². The average molecular weight is 283 g/mol. The van der Waals surface area contributed by atoms with Gasteiger partial charge in [-0.15, -0.1) is 0 Å². The van der Waals surface area contributed by atoms with Crippen molar-refractivity contribution < 1.29 is 8.78 Å². The van der Waals surface area contributed by atoms with Gasteiger partial charge in [-0.1, -0.05) is 6.07 Å². The van der Waals surface area contributed by atoms with Crippen LogP contribution in [0.2, 0.25) is 0 Å². The summed E-state index contributed by atoms with van der Waals surface area (Å²) in [6.07, 6.45) is 0. The predicted octanol–water partition coefficient (Wildman–Crippen LogP) is 3.63. The second-order valence-electron chi connectivity index (χ2n) is 4.53. The summed E-state index contributed by atoms with van der Waals surface area (Å²) in [6.45, 7) is 1.76. The van der Waals surface area contributed by atoms with E-state index in [4.69, 9.17) is 10.5 Å². The smallest absolute Gasteiger partial charge is 0.132 e. The number of halogens is 2. The Labute approximate surface area is 121 Å². The molecule has 0 saturated carbocycles. The molecule has 3 nitrogen and oxygen atoms in total. The van der Waals surface area contributed by atoms with Crippen molar-refractivity contribution in [2.24, 2.45) is 0 Å². The molecule has 0 heterocycles. The molecule has 0 atom stereocenters. The molecule has 5 heteroatoms. The molecule has 2 aromatic carbocycles. The van der Waals surface area contributed by atoms with Gasteiger partial charge < -0.3 is 5.32 Å². The maximum Gasteiger partial charge on any atom is 0.132 e. The first kappa shape index (κ1) is 14.5. The van der Waals surface area contributed by atoms with Gasteiger partial charge >= 0.3 is 0 Å². The minimum absolute atomic E-state index is 0.0589. The summed E-state index contributed by atoms with van der Waals surface area (Å²) in [5, 5.41) is 20.4. The number of rotatable bonds is 3. The Hall–Kier alpha value is -2.92. The molecule has 0 aliphatic rings. The van der Waals surface area contributed by atoms with Crippen molar-refractivity contribution in [3.05, 3.63) is 64.2 Å². The van der Waals surface area contributed by atoms with Crippen LogP contribution in [0.3, 0.4) is 0 Å². The number of benzene rings is 2. The van der Waals surface area contributed by atoms with Crippen LogP contribution in [0.4, 0.5) is 14.5 Å². The molecule has 1 N–H and O–H groups in total. The van der Waals surface area contributed by atoms with Crippen LogP contribution in [0, 0.1) is 41.2 Å². The summed E-state index contributed by atoms with van der Waals surface area (Å²) >= 11 is 0. The maximum absolute atomic E-state index is 13.8. The molecule has 0 aliphatic carbocycles. The third-order valence-electron chi connectivity index (χ3n) is 3.09. The first-order valence-corrected chi connectivity index (χ1v) is 6.18. The molecule has 0 aliphatic heterocycles. The summed E-state index contributed by atoms with van der Waals surface area (Å²) in [6, 6.07) is 10.7. The SMILES string of the molecule is Cc1ccc(C#N)cc1NCc1c(F)cc(C#N)cc1F. The number of aryl methyl sites for hydroxylation is 1. The molecule has 0 saturated heterocycles. The molecule has 0 fully saturated rings. The molecule has 0 bridgehead atoms. The van der Waals surface area contributed by atoms with Gasteiger partial charge in [0, 0.05) is 17.8 Å².